The van der Waals surface area contributed by atoms with E-state index in [1.54, 1.807) is 48.5 Å². The van der Waals surface area contributed by atoms with Crippen LogP contribution in [0.15, 0.2) is 48.5 Å². The molecule has 1 saturated carbocycles. The van der Waals surface area contributed by atoms with Crippen molar-refractivity contribution >= 4 is 29.1 Å². The van der Waals surface area contributed by atoms with Crippen molar-refractivity contribution in [2.45, 2.75) is 64.5 Å². The summed E-state index contributed by atoms with van der Waals surface area (Å²) in [5.74, 6) is -0.472. The second-order valence-electron chi connectivity index (χ2n) is 9.57. The van der Waals surface area contributed by atoms with Crippen LogP contribution >= 0.6 is 0 Å². The minimum Gasteiger partial charge on any atom is -0.376 e. The molecule has 3 amide bonds. The first-order valence-electron chi connectivity index (χ1n) is 11.6. The van der Waals surface area contributed by atoms with E-state index in [4.69, 9.17) is 0 Å². The van der Waals surface area contributed by atoms with Crippen molar-refractivity contribution in [1.29, 1.82) is 0 Å². The molecular weight excluding hydrogens is 416 g/mol. The minimum absolute atomic E-state index is 0.0615. The molecule has 4 N–H and O–H groups in total. The minimum atomic E-state index is -0.306. The summed E-state index contributed by atoms with van der Waals surface area (Å²) < 4.78 is 0. The van der Waals surface area contributed by atoms with Crippen molar-refractivity contribution < 1.29 is 14.4 Å². The summed E-state index contributed by atoms with van der Waals surface area (Å²) in [6.45, 7) is 5.85. The van der Waals surface area contributed by atoms with Gasteiger partial charge in [-0.25, -0.2) is 0 Å². The molecule has 2 aromatic rings. The number of carbonyl (C=O) groups is 3. The number of benzene rings is 2. The van der Waals surface area contributed by atoms with Gasteiger partial charge in [-0.05, 0) is 76.1 Å². The van der Waals surface area contributed by atoms with Gasteiger partial charge < -0.3 is 21.3 Å². The van der Waals surface area contributed by atoms with Crippen LogP contribution in [0.4, 0.5) is 11.4 Å². The lowest BCUT2D eigenvalue weighted by Gasteiger charge is -2.22. The van der Waals surface area contributed by atoms with Crippen LogP contribution in [-0.2, 0) is 4.79 Å². The molecule has 1 aliphatic rings. The van der Waals surface area contributed by atoms with E-state index in [0.29, 0.717) is 16.8 Å². The number of hydrogen-bond acceptors (Lipinski definition) is 4. The monoisotopic (exact) mass is 450 g/mol. The highest BCUT2D eigenvalue weighted by atomic mass is 16.2. The Bertz CT molecular complexity index is 974. The molecule has 0 atom stereocenters. The fourth-order valence-electron chi connectivity index (χ4n) is 3.79. The van der Waals surface area contributed by atoms with Gasteiger partial charge >= 0.3 is 0 Å². The lowest BCUT2D eigenvalue weighted by Crippen LogP contribution is -2.40. The summed E-state index contributed by atoms with van der Waals surface area (Å²) in [7, 11) is 0. The van der Waals surface area contributed by atoms with Crippen LogP contribution in [0.1, 0.15) is 73.6 Å². The van der Waals surface area contributed by atoms with Gasteiger partial charge in [-0.15, -0.1) is 0 Å². The topological polar surface area (TPSA) is 99.3 Å². The molecule has 1 aliphatic carbocycles. The highest BCUT2D eigenvalue weighted by Crippen LogP contribution is 2.18. The molecule has 7 heteroatoms. The number of anilines is 2. The van der Waals surface area contributed by atoms with Crippen molar-refractivity contribution in [3.05, 3.63) is 59.7 Å². The second-order valence-corrected chi connectivity index (χ2v) is 9.57. The Labute approximate surface area is 195 Å². The Morgan fingerprint density at radius 2 is 1.55 bits per heavy atom. The fraction of sp³-hybridized carbons (Fsp3) is 0.423. The summed E-state index contributed by atoms with van der Waals surface area (Å²) in [6, 6.07) is 14.2. The van der Waals surface area contributed by atoms with E-state index in [0.717, 1.165) is 31.4 Å². The standard InChI is InChI=1S/C26H34N4O3/c1-26(2,3)30-25(33)18-12-14-20(15-13-18)27-17-23(31)28-22-11-7-8-19(16-22)24(32)29-21-9-5-4-6-10-21/h7-8,11-16,21,27H,4-6,9-10,17H2,1-3H3,(H,28,31)(H,29,32)(H,30,33). The van der Waals surface area contributed by atoms with Gasteiger partial charge in [-0.3, -0.25) is 14.4 Å². The van der Waals surface area contributed by atoms with E-state index in [2.05, 4.69) is 21.3 Å². The molecule has 33 heavy (non-hydrogen) atoms. The second kappa shape index (κ2) is 11.0. The van der Waals surface area contributed by atoms with Gasteiger partial charge in [0.25, 0.3) is 11.8 Å². The molecule has 0 unspecified atom stereocenters. The van der Waals surface area contributed by atoms with Gasteiger partial charge in [0.05, 0.1) is 6.54 Å². The molecule has 0 radical (unpaired) electrons. The maximum Gasteiger partial charge on any atom is 0.251 e. The van der Waals surface area contributed by atoms with Crippen LogP contribution in [0.3, 0.4) is 0 Å². The molecule has 176 valence electrons. The van der Waals surface area contributed by atoms with E-state index in [-0.39, 0.29) is 35.8 Å². The first-order chi connectivity index (χ1) is 15.7. The van der Waals surface area contributed by atoms with Crippen LogP contribution in [0.2, 0.25) is 0 Å². The van der Waals surface area contributed by atoms with Crippen molar-refractivity contribution in [2.75, 3.05) is 17.2 Å². The van der Waals surface area contributed by atoms with Crippen molar-refractivity contribution in [2.24, 2.45) is 0 Å². The Kier molecular flexibility index (Phi) is 8.09. The first-order valence-corrected chi connectivity index (χ1v) is 11.6. The van der Waals surface area contributed by atoms with Gasteiger partial charge in [-0.1, -0.05) is 25.3 Å². The van der Waals surface area contributed by atoms with E-state index in [9.17, 15) is 14.4 Å². The normalized spacial score (nSPS) is 14.3. The van der Waals surface area contributed by atoms with Gasteiger partial charge in [0.1, 0.15) is 0 Å². The van der Waals surface area contributed by atoms with Gasteiger partial charge in [0, 0.05) is 34.1 Å². The Balaban J connectivity index is 1.49. The third-order valence-corrected chi connectivity index (χ3v) is 5.44. The Hall–Kier alpha value is -3.35. The molecule has 7 nitrogen and oxygen atoms in total. The Morgan fingerprint density at radius 1 is 0.848 bits per heavy atom. The fourth-order valence-corrected chi connectivity index (χ4v) is 3.79. The summed E-state index contributed by atoms with van der Waals surface area (Å²) in [5, 5.41) is 11.9. The maximum atomic E-state index is 12.5. The van der Waals surface area contributed by atoms with Crippen LogP contribution in [0.5, 0.6) is 0 Å². The molecule has 0 heterocycles. The highest BCUT2D eigenvalue weighted by Gasteiger charge is 2.17. The number of hydrogen-bond donors (Lipinski definition) is 4. The predicted molar refractivity (Wildman–Crippen MR) is 132 cm³/mol. The van der Waals surface area contributed by atoms with Crippen LogP contribution in [0.25, 0.3) is 0 Å². The van der Waals surface area contributed by atoms with Gasteiger partial charge in [0.15, 0.2) is 0 Å². The predicted octanol–water partition coefficient (Wildman–Crippen LogP) is 4.33. The molecule has 1 fully saturated rings. The number of nitrogens with one attached hydrogen (secondary N) is 4. The quantitative estimate of drug-likeness (QED) is 0.505. The molecular formula is C26H34N4O3. The number of amides is 3. The zero-order valence-electron chi connectivity index (χ0n) is 19.7. The average molecular weight is 451 g/mol. The lowest BCUT2D eigenvalue weighted by atomic mass is 9.95. The van der Waals surface area contributed by atoms with E-state index >= 15 is 0 Å². The van der Waals surface area contributed by atoms with Crippen LogP contribution in [-0.4, -0.2) is 35.8 Å². The average Bonchev–Trinajstić information content (AvgIpc) is 2.78. The smallest absolute Gasteiger partial charge is 0.251 e. The zero-order chi connectivity index (χ0) is 23.8. The largest absolute Gasteiger partial charge is 0.376 e. The molecule has 2 aromatic carbocycles. The molecule has 0 spiro atoms. The zero-order valence-corrected chi connectivity index (χ0v) is 19.7. The maximum absolute atomic E-state index is 12.5. The Morgan fingerprint density at radius 3 is 2.21 bits per heavy atom. The SMILES string of the molecule is CC(C)(C)NC(=O)c1ccc(NCC(=O)Nc2cccc(C(=O)NC3CCCCC3)c2)cc1. The lowest BCUT2D eigenvalue weighted by molar-refractivity contribution is -0.114. The van der Waals surface area contributed by atoms with E-state index in [1.165, 1.54) is 6.42 Å². The summed E-state index contributed by atoms with van der Waals surface area (Å²) in [5.41, 5.74) is 2.10. The molecule has 0 saturated heterocycles. The van der Waals surface area contributed by atoms with Crippen molar-refractivity contribution in [1.82, 2.24) is 10.6 Å². The van der Waals surface area contributed by atoms with Crippen molar-refractivity contribution in [3.8, 4) is 0 Å². The first kappa shape index (κ1) is 24.3. The van der Waals surface area contributed by atoms with Gasteiger partial charge in [0.2, 0.25) is 5.91 Å². The number of carbonyl (C=O) groups excluding carboxylic acids is 3. The summed E-state index contributed by atoms with van der Waals surface area (Å²) in [6.07, 6.45) is 5.59. The highest BCUT2D eigenvalue weighted by molar-refractivity contribution is 5.98. The molecule has 3 rings (SSSR count). The van der Waals surface area contributed by atoms with Crippen molar-refractivity contribution in [3.63, 3.8) is 0 Å². The van der Waals surface area contributed by atoms with E-state index in [1.807, 2.05) is 20.8 Å². The summed E-state index contributed by atoms with van der Waals surface area (Å²) in [4.78, 5) is 37.1. The third-order valence-electron chi connectivity index (χ3n) is 5.44. The third kappa shape index (κ3) is 7.93. The molecule has 0 aromatic heterocycles. The van der Waals surface area contributed by atoms with Crippen LogP contribution in [0, 0.1) is 0 Å². The van der Waals surface area contributed by atoms with Gasteiger partial charge in [-0.2, -0.15) is 0 Å². The molecule has 0 aliphatic heterocycles. The van der Waals surface area contributed by atoms with E-state index < -0.39 is 0 Å². The van der Waals surface area contributed by atoms with Crippen LogP contribution < -0.4 is 21.3 Å². The summed E-state index contributed by atoms with van der Waals surface area (Å²) >= 11 is 0. The number of rotatable bonds is 7. The molecule has 0 bridgehead atoms.